The summed E-state index contributed by atoms with van der Waals surface area (Å²) in [5.74, 6) is 0. The molecule has 2 nitrogen and oxygen atoms in total. The molecule has 1 rings (SSSR count). The summed E-state index contributed by atoms with van der Waals surface area (Å²) in [6.45, 7) is 8.31. The molecule has 0 aliphatic heterocycles. The molecule has 1 heterocycles. The second-order valence-corrected chi connectivity index (χ2v) is 6.24. The van der Waals surface area contributed by atoms with Gasteiger partial charge < -0.3 is 9.52 Å². The Balaban J connectivity index is 2.28. The second kappa shape index (κ2) is 10.2. The van der Waals surface area contributed by atoms with Gasteiger partial charge in [-0.1, -0.05) is 29.4 Å². The molecular formula is C20H30O2. The Bertz CT molecular complexity index is 500. The largest absolute Gasteiger partial charge is 0.472 e. The lowest BCUT2D eigenvalue weighted by atomic mass is 10.0. The molecule has 122 valence electrons. The summed E-state index contributed by atoms with van der Waals surface area (Å²) in [5.41, 5.74) is 4.99. The molecular weight excluding hydrogens is 272 g/mol. The van der Waals surface area contributed by atoms with Crippen molar-refractivity contribution in [3.8, 4) is 0 Å². The first-order chi connectivity index (χ1) is 10.5. The Morgan fingerprint density at radius 2 is 1.91 bits per heavy atom. The van der Waals surface area contributed by atoms with Gasteiger partial charge in [0.2, 0.25) is 0 Å². The number of aliphatic hydroxyl groups excluding tert-OH is 1. The van der Waals surface area contributed by atoms with Crippen LogP contribution in [0, 0.1) is 0 Å². The third-order valence-corrected chi connectivity index (χ3v) is 3.79. The van der Waals surface area contributed by atoms with E-state index in [1.54, 1.807) is 6.26 Å². The molecule has 0 aliphatic rings. The first kappa shape index (κ1) is 18.5. The number of allylic oxidation sites excluding steroid dienone is 4. The van der Waals surface area contributed by atoms with E-state index in [0.29, 0.717) is 6.42 Å². The van der Waals surface area contributed by atoms with E-state index in [2.05, 4.69) is 39.0 Å². The van der Waals surface area contributed by atoms with Crippen molar-refractivity contribution < 1.29 is 9.52 Å². The lowest BCUT2D eigenvalue weighted by Gasteiger charge is -2.09. The van der Waals surface area contributed by atoms with Gasteiger partial charge in [-0.25, -0.2) is 0 Å². The summed E-state index contributed by atoms with van der Waals surface area (Å²) in [6, 6.07) is 2.02. The lowest BCUT2D eigenvalue weighted by molar-refractivity contribution is 0.213. The van der Waals surface area contributed by atoms with Gasteiger partial charge in [0.15, 0.2) is 0 Å². The first-order valence-electron chi connectivity index (χ1n) is 8.14. The van der Waals surface area contributed by atoms with Gasteiger partial charge in [0.05, 0.1) is 18.6 Å². The molecule has 0 saturated heterocycles. The van der Waals surface area contributed by atoms with Crippen LogP contribution in [0.1, 0.15) is 58.9 Å². The van der Waals surface area contributed by atoms with Crippen molar-refractivity contribution in [3.05, 3.63) is 59.1 Å². The summed E-state index contributed by atoms with van der Waals surface area (Å²) >= 11 is 0. The van der Waals surface area contributed by atoms with E-state index < -0.39 is 0 Å². The van der Waals surface area contributed by atoms with Gasteiger partial charge in [-0.05, 0) is 77.0 Å². The van der Waals surface area contributed by atoms with E-state index in [0.717, 1.165) is 31.3 Å². The monoisotopic (exact) mass is 302 g/mol. The van der Waals surface area contributed by atoms with Crippen LogP contribution in [0.4, 0.5) is 0 Å². The quantitative estimate of drug-likeness (QED) is 0.602. The highest BCUT2D eigenvalue weighted by Gasteiger charge is 2.03. The van der Waals surface area contributed by atoms with E-state index in [1.165, 1.54) is 16.7 Å². The van der Waals surface area contributed by atoms with E-state index in [-0.39, 0.29) is 6.10 Å². The molecule has 0 bridgehead atoms. The van der Waals surface area contributed by atoms with Crippen LogP contribution in [0.15, 0.2) is 58.0 Å². The van der Waals surface area contributed by atoms with E-state index in [9.17, 15) is 5.11 Å². The number of furan rings is 1. The van der Waals surface area contributed by atoms with Crippen molar-refractivity contribution in [3.63, 3.8) is 0 Å². The standard InChI is InChI=1S/C20H30O2/c1-16(2)11-12-20(21)18(4)9-5-7-17(3)8-6-10-19-13-14-22-15-19/h8-9,11,13-15,20-21H,5-7,10,12H2,1-4H3/b17-8+,18-9+/t20-/m0/s1. The SMILES string of the molecule is CC(C)=CC[C@H](O)/C(C)=C/CC/C(C)=C/CCc1ccoc1. The van der Waals surface area contributed by atoms with Crippen LogP contribution in [-0.2, 0) is 6.42 Å². The number of aryl methyl sites for hydroxylation is 1. The molecule has 0 saturated carbocycles. The van der Waals surface area contributed by atoms with Gasteiger partial charge in [-0.2, -0.15) is 0 Å². The number of aliphatic hydroxyl groups is 1. The molecule has 1 aromatic heterocycles. The normalized spacial score (nSPS) is 14.0. The lowest BCUT2D eigenvalue weighted by Crippen LogP contribution is -2.06. The number of hydrogen-bond acceptors (Lipinski definition) is 2. The van der Waals surface area contributed by atoms with Crippen molar-refractivity contribution in [2.45, 2.75) is 65.9 Å². The number of rotatable bonds is 9. The fraction of sp³-hybridized carbons (Fsp3) is 0.500. The van der Waals surface area contributed by atoms with Crippen LogP contribution >= 0.6 is 0 Å². The summed E-state index contributed by atoms with van der Waals surface area (Å²) in [4.78, 5) is 0. The molecule has 0 unspecified atom stereocenters. The summed E-state index contributed by atoms with van der Waals surface area (Å²) in [7, 11) is 0. The zero-order valence-corrected chi connectivity index (χ0v) is 14.4. The molecule has 1 aromatic rings. The molecule has 0 fully saturated rings. The minimum atomic E-state index is -0.347. The van der Waals surface area contributed by atoms with Crippen molar-refractivity contribution in [1.29, 1.82) is 0 Å². The molecule has 0 aliphatic carbocycles. The van der Waals surface area contributed by atoms with Crippen LogP contribution < -0.4 is 0 Å². The predicted molar refractivity (Wildman–Crippen MR) is 93.8 cm³/mol. The first-order valence-corrected chi connectivity index (χ1v) is 8.14. The summed E-state index contributed by atoms with van der Waals surface area (Å²) in [6.07, 6.45) is 14.6. The highest BCUT2D eigenvalue weighted by Crippen LogP contribution is 2.13. The molecule has 1 N–H and O–H groups in total. The predicted octanol–water partition coefficient (Wildman–Crippen LogP) is 5.60. The van der Waals surface area contributed by atoms with Crippen molar-refractivity contribution in [1.82, 2.24) is 0 Å². The van der Waals surface area contributed by atoms with Crippen molar-refractivity contribution >= 4 is 0 Å². The maximum atomic E-state index is 10.0. The Morgan fingerprint density at radius 3 is 2.55 bits per heavy atom. The van der Waals surface area contributed by atoms with Crippen LogP contribution in [-0.4, -0.2) is 11.2 Å². The van der Waals surface area contributed by atoms with Crippen LogP contribution in [0.5, 0.6) is 0 Å². The van der Waals surface area contributed by atoms with Crippen molar-refractivity contribution in [2.75, 3.05) is 0 Å². The van der Waals surface area contributed by atoms with Gasteiger partial charge in [0, 0.05) is 0 Å². The van der Waals surface area contributed by atoms with Crippen LogP contribution in [0.3, 0.4) is 0 Å². The molecule has 22 heavy (non-hydrogen) atoms. The smallest absolute Gasteiger partial charge is 0.0934 e. The average molecular weight is 302 g/mol. The van der Waals surface area contributed by atoms with Crippen molar-refractivity contribution in [2.24, 2.45) is 0 Å². The zero-order valence-electron chi connectivity index (χ0n) is 14.4. The molecule has 0 amide bonds. The molecule has 0 aromatic carbocycles. The zero-order chi connectivity index (χ0) is 16.4. The van der Waals surface area contributed by atoms with Gasteiger partial charge >= 0.3 is 0 Å². The molecule has 0 spiro atoms. The van der Waals surface area contributed by atoms with Gasteiger partial charge in [-0.3, -0.25) is 0 Å². The van der Waals surface area contributed by atoms with Crippen LogP contribution in [0.25, 0.3) is 0 Å². The maximum Gasteiger partial charge on any atom is 0.0934 e. The third-order valence-electron chi connectivity index (χ3n) is 3.79. The fourth-order valence-electron chi connectivity index (χ4n) is 2.22. The summed E-state index contributed by atoms with van der Waals surface area (Å²) < 4.78 is 5.06. The van der Waals surface area contributed by atoms with E-state index in [1.807, 2.05) is 19.3 Å². The molecule has 2 heteroatoms. The Morgan fingerprint density at radius 1 is 1.14 bits per heavy atom. The topological polar surface area (TPSA) is 33.4 Å². The van der Waals surface area contributed by atoms with Gasteiger partial charge in [0.25, 0.3) is 0 Å². The Hall–Kier alpha value is -1.54. The second-order valence-electron chi connectivity index (χ2n) is 6.24. The number of hydrogen-bond donors (Lipinski definition) is 1. The van der Waals surface area contributed by atoms with Gasteiger partial charge in [0.1, 0.15) is 0 Å². The fourth-order valence-corrected chi connectivity index (χ4v) is 2.22. The Kier molecular flexibility index (Phi) is 8.61. The Labute approximate surface area is 135 Å². The van der Waals surface area contributed by atoms with Crippen LogP contribution in [0.2, 0.25) is 0 Å². The maximum absolute atomic E-state index is 10.0. The van der Waals surface area contributed by atoms with E-state index in [4.69, 9.17) is 4.42 Å². The van der Waals surface area contributed by atoms with Gasteiger partial charge in [-0.15, -0.1) is 0 Å². The minimum Gasteiger partial charge on any atom is -0.472 e. The molecule has 0 radical (unpaired) electrons. The third kappa shape index (κ3) is 8.04. The average Bonchev–Trinajstić information content (AvgIpc) is 2.97. The highest BCUT2D eigenvalue weighted by atomic mass is 16.3. The molecule has 1 atom stereocenters. The highest BCUT2D eigenvalue weighted by molar-refractivity contribution is 5.11. The van der Waals surface area contributed by atoms with E-state index >= 15 is 0 Å². The summed E-state index contributed by atoms with van der Waals surface area (Å²) in [5, 5.41) is 10.0. The minimum absolute atomic E-state index is 0.347.